The lowest BCUT2D eigenvalue weighted by Gasteiger charge is -2.00. The molecule has 0 radical (unpaired) electrons. The highest BCUT2D eigenvalue weighted by atomic mass is 19.1. The van der Waals surface area contributed by atoms with Crippen molar-refractivity contribution in [3.05, 3.63) is 36.4 Å². The highest BCUT2D eigenvalue weighted by Gasteiger charge is 2.07. The third kappa shape index (κ3) is 2.04. The molecule has 3 N–H and O–H groups in total. The lowest BCUT2D eigenvalue weighted by atomic mass is 10.1. The number of rotatable bonds is 3. The summed E-state index contributed by atoms with van der Waals surface area (Å²) in [6, 6.07) is 4.53. The van der Waals surface area contributed by atoms with Crippen molar-refractivity contribution >= 4 is 5.69 Å². The van der Waals surface area contributed by atoms with Crippen LogP contribution in [0.3, 0.4) is 0 Å². The summed E-state index contributed by atoms with van der Waals surface area (Å²) in [4.78, 5) is 0. The first kappa shape index (κ1) is 10.6. The minimum absolute atomic E-state index is 0.00530. The van der Waals surface area contributed by atoms with Crippen LogP contribution in [-0.2, 0) is 6.54 Å². The Morgan fingerprint density at radius 2 is 2.25 bits per heavy atom. The largest absolute Gasteiger partial charge is 0.399 e. The Kier molecular flexibility index (Phi) is 2.87. The van der Waals surface area contributed by atoms with E-state index in [1.165, 1.54) is 6.07 Å². The molecule has 0 aliphatic heterocycles. The van der Waals surface area contributed by atoms with Gasteiger partial charge in [-0.2, -0.15) is 5.10 Å². The molecule has 4 nitrogen and oxygen atoms in total. The van der Waals surface area contributed by atoms with Crippen LogP contribution in [0.4, 0.5) is 10.1 Å². The van der Waals surface area contributed by atoms with E-state index in [0.29, 0.717) is 23.4 Å². The van der Waals surface area contributed by atoms with Gasteiger partial charge in [-0.3, -0.25) is 4.68 Å². The van der Waals surface area contributed by atoms with Crippen LogP contribution >= 0.6 is 0 Å². The Hall–Kier alpha value is -1.88. The molecule has 2 aromatic rings. The number of aliphatic hydroxyl groups excluding tert-OH is 1. The normalized spacial score (nSPS) is 10.6. The van der Waals surface area contributed by atoms with E-state index in [9.17, 15) is 4.39 Å². The fraction of sp³-hybridized carbons (Fsp3) is 0.182. The van der Waals surface area contributed by atoms with Crippen molar-refractivity contribution < 1.29 is 9.50 Å². The Morgan fingerprint density at radius 1 is 1.44 bits per heavy atom. The third-order valence-electron chi connectivity index (χ3n) is 2.27. The van der Waals surface area contributed by atoms with Gasteiger partial charge in [-0.25, -0.2) is 4.39 Å². The van der Waals surface area contributed by atoms with Crippen LogP contribution in [0.15, 0.2) is 30.6 Å². The molecule has 84 valence electrons. The number of anilines is 1. The quantitative estimate of drug-likeness (QED) is 0.767. The van der Waals surface area contributed by atoms with Gasteiger partial charge in [-0.1, -0.05) is 0 Å². The predicted octanol–water partition coefficient (Wildman–Crippen LogP) is 1.26. The SMILES string of the molecule is Nc1ccc(-c2cnn(CCO)c2)c(F)c1. The molecule has 16 heavy (non-hydrogen) atoms. The molecule has 0 atom stereocenters. The number of aliphatic hydroxyl groups is 1. The number of nitrogens with zero attached hydrogens (tertiary/aromatic N) is 2. The van der Waals surface area contributed by atoms with E-state index in [-0.39, 0.29) is 12.4 Å². The van der Waals surface area contributed by atoms with Gasteiger partial charge in [0.05, 0.1) is 19.3 Å². The highest BCUT2D eigenvalue weighted by molar-refractivity contribution is 5.64. The maximum absolute atomic E-state index is 13.6. The first-order chi connectivity index (χ1) is 7.70. The molecule has 0 aliphatic rings. The fourth-order valence-corrected chi connectivity index (χ4v) is 1.49. The van der Waals surface area contributed by atoms with Crippen molar-refractivity contribution in [1.82, 2.24) is 9.78 Å². The van der Waals surface area contributed by atoms with Crippen LogP contribution < -0.4 is 5.73 Å². The smallest absolute Gasteiger partial charge is 0.133 e. The second kappa shape index (κ2) is 4.32. The molecule has 0 amide bonds. The molecule has 0 aliphatic carbocycles. The van der Waals surface area contributed by atoms with Crippen LogP contribution in [0, 0.1) is 5.82 Å². The van der Waals surface area contributed by atoms with Crippen LogP contribution in [-0.4, -0.2) is 21.5 Å². The molecule has 2 rings (SSSR count). The number of hydrogen-bond acceptors (Lipinski definition) is 3. The lowest BCUT2D eigenvalue weighted by molar-refractivity contribution is 0.269. The first-order valence-corrected chi connectivity index (χ1v) is 4.89. The van der Waals surface area contributed by atoms with Gasteiger partial charge in [0, 0.05) is 23.0 Å². The van der Waals surface area contributed by atoms with Gasteiger partial charge >= 0.3 is 0 Å². The summed E-state index contributed by atoms with van der Waals surface area (Å²) in [6.45, 7) is 0.405. The van der Waals surface area contributed by atoms with Crippen molar-refractivity contribution in [2.45, 2.75) is 6.54 Å². The van der Waals surface area contributed by atoms with Crippen LogP contribution in [0.5, 0.6) is 0 Å². The monoisotopic (exact) mass is 221 g/mol. The van der Waals surface area contributed by atoms with E-state index in [1.807, 2.05) is 0 Å². The maximum atomic E-state index is 13.6. The summed E-state index contributed by atoms with van der Waals surface area (Å²) in [5.74, 6) is -0.372. The zero-order chi connectivity index (χ0) is 11.5. The van der Waals surface area contributed by atoms with Crippen molar-refractivity contribution in [2.75, 3.05) is 12.3 Å². The second-order valence-corrected chi connectivity index (χ2v) is 3.45. The number of hydrogen-bond donors (Lipinski definition) is 2. The van der Waals surface area contributed by atoms with Crippen molar-refractivity contribution in [3.63, 3.8) is 0 Å². The molecule has 0 saturated heterocycles. The fourth-order valence-electron chi connectivity index (χ4n) is 1.49. The zero-order valence-corrected chi connectivity index (χ0v) is 8.60. The summed E-state index contributed by atoms with van der Waals surface area (Å²) in [5, 5.41) is 12.7. The molecule has 1 aromatic heterocycles. The van der Waals surface area contributed by atoms with E-state index in [4.69, 9.17) is 10.8 Å². The Labute approximate surface area is 92.1 Å². The molecule has 1 aromatic carbocycles. The van der Waals surface area contributed by atoms with Crippen LogP contribution in [0.1, 0.15) is 0 Å². The Morgan fingerprint density at radius 3 is 2.94 bits per heavy atom. The van der Waals surface area contributed by atoms with Gasteiger partial charge in [0.1, 0.15) is 5.82 Å². The van der Waals surface area contributed by atoms with Gasteiger partial charge in [0.15, 0.2) is 0 Å². The van der Waals surface area contributed by atoms with Crippen molar-refractivity contribution in [2.24, 2.45) is 0 Å². The van der Waals surface area contributed by atoms with Crippen molar-refractivity contribution in [3.8, 4) is 11.1 Å². The molecule has 0 fully saturated rings. The van der Waals surface area contributed by atoms with Crippen molar-refractivity contribution in [1.29, 1.82) is 0 Å². The van der Waals surface area contributed by atoms with Gasteiger partial charge in [-0.05, 0) is 18.2 Å². The van der Waals surface area contributed by atoms with Crippen LogP contribution in [0.2, 0.25) is 0 Å². The number of nitrogens with two attached hydrogens (primary N) is 1. The molecule has 0 bridgehead atoms. The minimum atomic E-state index is -0.372. The van der Waals surface area contributed by atoms with Gasteiger partial charge in [0.25, 0.3) is 0 Å². The molecule has 0 saturated carbocycles. The number of nitrogen functional groups attached to an aromatic ring is 1. The summed E-state index contributed by atoms with van der Waals surface area (Å²) >= 11 is 0. The van der Waals surface area contributed by atoms with E-state index < -0.39 is 0 Å². The van der Waals surface area contributed by atoms with Gasteiger partial charge in [0.2, 0.25) is 0 Å². The van der Waals surface area contributed by atoms with E-state index in [2.05, 4.69) is 5.10 Å². The number of halogens is 1. The topological polar surface area (TPSA) is 64.1 Å². The highest BCUT2D eigenvalue weighted by Crippen LogP contribution is 2.23. The predicted molar refractivity (Wildman–Crippen MR) is 59.1 cm³/mol. The molecule has 0 spiro atoms. The molecule has 0 unspecified atom stereocenters. The van der Waals surface area contributed by atoms with Gasteiger partial charge in [-0.15, -0.1) is 0 Å². The maximum Gasteiger partial charge on any atom is 0.133 e. The molecular formula is C11H12FN3O. The summed E-state index contributed by atoms with van der Waals surface area (Å²) in [7, 11) is 0. The number of aromatic nitrogens is 2. The number of benzene rings is 1. The average molecular weight is 221 g/mol. The zero-order valence-electron chi connectivity index (χ0n) is 8.60. The Bertz CT molecular complexity index is 496. The Balaban J connectivity index is 2.35. The average Bonchev–Trinajstić information content (AvgIpc) is 2.67. The van der Waals surface area contributed by atoms with E-state index >= 15 is 0 Å². The molecular weight excluding hydrogens is 209 g/mol. The summed E-state index contributed by atoms with van der Waals surface area (Å²) in [6.07, 6.45) is 3.25. The van der Waals surface area contributed by atoms with Crippen LogP contribution in [0.25, 0.3) is 11.1 Å². The van der Waals surface area contributed by atoms with Gasteiger partial charge < -0.3 is 10.8 Å². The standard InChI is InChI=1S/C11H12FN3O/c12-11-5-9(13)1-2-10(11)8-6-14-15(7-8)3-4-16/h1-2,5-7,16H,3-4,13H2. The lowest BCUT2D eigenvalue weighted by Crippen LogP contribution is -2.01. The third-order valence-corrected chi connectivity index (χ3v) is 2.27. The summed E-state index contributed by atoms with van der Waals surface area (Å²) < 4.78 is 15.1. The van der Waals surface area contributed by atoms with E-state index in [1.54, 1.807) is 29.2 Å². The molecule has 1 heterocycles. The molecule has 5 heteroatoms. The van der Waals surface area contributed by atoms with E-state index in [0.717, 1.165) is 0 Å². The minimum Gasteiger partial charge on any atom is -0.399 e. The first-order valence-electron chi connectivity index (χ1n) is 4.89. The summed E-state index contributed by atoms with van der Waals surface area (Å²) in [5.41, 5.74) is 6.99. The second-order valence-electron chi connectivity index (χ2n) is 3.45.